The fourth-order valence-corrected chi connectivity index (χ4v) is 3.08. The van der Waals surface area contributed by atoms with Crippen molar-refractivity contribution in [1.29, 1.82) is 0 Å². The average molecular weight is 303 g/mol. The molecule has 0 unspecified atom stereocenters. The molecule has 0 radical (unpaired) electrons. The number of anilines is 2. The molecule has 108 valence electrons. The summed E-state index contributed by atoms with van der Waals surface area (Å²) in [5.74, 6) is 0.266. The molecule has 7 nitrogen and oxygen atoms in total. The molecule has 0 saturated carbocycles. The van der Waals surface area contributed by atoms with Crippen LogP contribution in [0.3, 0.4) is 0 Å². The van der Waals surface area contributed by atoms with Gasteiger partial charge in [-0.3, -0.25) is 9.40 Å². The summed E-state index contributed by atoms with van der Waals surface area (Å²) in [6.07, 6.45) is 2.90. The van der Waals surface area contributed by atoms with Crippen molar-refractivity contribution in [1.82, 2.24) is 14.8 Å². The number of nitrogens with two attached hydrogens (primary N) is 1. The summed E-state index contributed by atoms with van der Waals surface area (Å²) in [6.45, 7) is 0. The summed E-state index contributed by atoms with van der Waals surface area (Å²) in [7, 11) is -1.97. The van der Waals surface area contributed by atoms with Gasteiger partial charge in [0.2, 0.25) is 0 Å². The number of pyridine rings is 1. The van der Waals surface area contributed by atoms with Gasteiger partial charge in [0.1, 0.15) is 10.7 Å². The molecule has 8 heteroatoms. The Balaban J connectivity index is 2.05. The fraction of sp³-hybridized carbons (Fsp3) is 0.0769. The Labute approximate surface area is 121 Å². The van der Waals surface area contributed by atoms with E-state index in [0.29, 0.717) is 11.2 Å². The normalized spacial score (nSPS) is 11.7. The van der Waals surface area contributed by atoms with Crippen molar-refractivity contribution in [2.75, 3.05) is 10.5 Å². The van der Waals surface area contributed by atoms with Crippen LogP contribution in [0.15, 0.2) is 47.6 Å². The van der Waals surface area contributed by atoms with Gasteiger partial charge in [-0.1, -0.05) is 12.1 Å². The van der Waals surface area contributed by atoms with E-state index in [1.165, 1.54) is 18.3 Å². The van der Waals surface area contributed by atoms with Gasteiger partial charge in [-0.25, -0.2) is 13.4 Å². The van der Waals surface area contributed by atoms with E-state index in [1.807, 2.05) is 6.07 Å². The lowest BCUT2D eigenvalue weighted by Crippen LogP contribution is -2.14. The van der Waals surface area contributed by atoms with Crippen LogP contribution in [0.25, 0.3) is 10.9 Å². The molecule has 0 amide bonds. The van der Waals surface area contributed by atoms with Gasteiger partial charge in [-0.2, -0.15) is 5.10 Å². The van der Waals surface area contributed by atoms with Crippen LogP contribution in [0.1, 0.15) is 0 Å². The highest BCUT2D eigenvalue weighted by molar-refractivity contribution is 7.92. The lowest BCUT2D eigenvalue weighted by atomic mass is 10.2. The van der Waals surface area contributed by atoms with Crippen LogP contribution in [0.5, 0.6) is 0 Å². The van der Waals surface area contributed by atoms with Crippen molar-refractivity contribution < 1.29 is 8.42 Å². The molecule has 3 rings (SSSR count). The van der Waals surface area contributed by atoms with Crippen LogP contribution < -0.4 is 10.5 Å². The molecule has 0 aliphatic heterocycles. The van der Waals surface area contributed by atoms with Gasteiger partial charge >= 0.3 is 0 Å². The molecule has 3 aromatic rings. The quantitative estimate of drug-likeness (QED) is 0.760. The number of benzene rings is 1. The lowest BCUT2D eigenvalue weighted by molar-refractivity contribution is 0.601. The molecule has 3 N–H and O–H groups in total. The zero-order valence-corrected chi connectivity index (χ0v) is 12.0. The van der Waals surface area contributed by atoms with E-state index in [9.17, 15) is 8.42 Å². The zero-order chi connectivity index (χ0) is 15.0. The minimum atomic E-state index is -3.73. The third-order valence-electron chi connectivity index (χ3n) is 3.07. The van der Waals surface area contributed by atoms with E-state index in [1.54, 1.807) is 30.1 Å². The number of hydrogen-bond acceptors (Lipinski definition) is 5. The molecular weight excluding hydrogens is 290 g/mol. The number of aryl methyl sites for hydroxylation is 1. The third kappa shape index (κ3) is 2.40. The summed E-state index contributed by atoms with van der Waals surface area (Å²) in [4.78, 5) is 3.85. The first kappa shape index (κ1) is 13.4. The molecular formula is C13H13N5O2S. The summed E-state index contributed by atoms with van der Waals surface area (Å²) >= 11 is 0. The van der Waals surface area contributed by atoms with Gasteiger partial charge in [-0.15, -0.1) is 0 Å². The first-order valence-corrected chi connectivity index (χ1v) is 7.61. The Bertz CT molecular complexity index is 900. The number of nitrogen functional groups attached to an aromatic ring is 1. The second kappa shape index (κ2) is 4.74. The number of nitrogens with zero attached hydrogens (tertiary/aromatic N) is 3. The second-order valence-corrected chi connectivity index (χ2v) is 6.22. The Morgan fingerprint density at radius 3 is 2.71 bits per heavy atom. The lowest BCUT2D eigenvalue weighted by Gasteiger charge is -2.10. The van der Waals surface area contributed by atoms with Crippen molar-refractivity contribution in [3.63, 3.8) is 0 Å². The van der Waals surface area contributed by atoms with Crippen LogP contribution in [0.2, 0.25) is 0 Å². The van der Waals surface area contributed by atoms with Gasteiger partial charge < -0.3 is 5.73 Å². The zero-order valence-electron chi connectivity index (χ0n) is 11.2. The van der Waals surface area contributed by atoms with Gasteiger partial charge in [0, 0.05) is 18.6 Å². The van der Waals surface area contributed by atoms with E-state index in [2.05, 4.69) is 14.8 Å². The van der Waals surface area contributed by atoms with Gasteiger partial charge in [0.15, 0.2) is 0 Å². The highest BCUT2D eigenvalue weighted by Crippen LogP contribution is 2.25. The molecule has 1 aromatic carbocycles. The maximum atomic E-state index is 12.4. The second-order valence-electron chi connectivity index (χ2n) is 4.54. The minimum absolute atomic E-state index is 0.0517. The maximum absolute atomic E-state index is 12.4. The molecule has 2 aromatic heterocycles. The SMILES string of the molecule is Cn1ncc2cccc(NS(=O)(=O)c3ccc(N)nc3)c21. The summed E-state index contributed by atoms with van der Waals surface area (Å²) in [5.41, 5.74) is 6.64. The van der Waals surface area contributed by atoms with Gasteiger partial charge in [0.25, 0.3) is 10.0 Å². The van der Waals surface area contributed by atoms with Gasteiger partial charge in [-0.05, 0) is 18.2 Å². The Morgan fingerprint density at radius 2 is 2.00 bits per heavy atom. The Morgan fingerprint density at radius 1 is 1.19 bits per heavy atom. The summed E-state index contributed by atoms with van der Waals surface area (Å²) in [6, 6.07) is 8.17. The maximum Gasteiger partial charge on any atom is 0.263 e. The van der Waals surface area contributed by atoms with Crippen LogP contribution in [-0.4, -0.2) is 23.2 Å². The van der Waals surface area contributed by atoms with E-state index >= 15 is 0 Å². The number of para-hydroxylation sites is 1. The Hall–Kier alpha value is -2.61. The van der Waals surface area contributed by atoms with E-state index in [-0.39, 0.29) is 10.7 Å². The predicted molar refractivity (Wildman–Crippen MR) is 80.2 cm³/mol. The van der Waals surface area contributed by atoms with Crippen molar-refractivity contribution >= 4 is 32.4 Å². The van der Waals surface area contributed by atoms with Gasteiger partial charge in [0.05, 0.1) is 17.4 Å². The average Bonchev–Trinajstić information content (AvgIpc) is 2.82. The van der Waals surface area contributed by atoms with E-state index < -0.39 is 10.0 Å². The van der Waals surface area contributed by atoms with Crippen LogP contribution >= 0.6 is 0 Å². The summed E-state index contributed by atoms with van der Waals surface area (Å²) < 4.78 is 28.9. The topological polar surface area (TPSA) is 103 Å². The third-order valence-corrected chi connectivity index (χ3v) is 4.43. The molecule has 0 atom stereocenters. The number of rotatable bonds is 3. The standard InChI is InChI=1S/C13H13N5O2S/c1-18-13-9(7-16-18)3-2-4-11(13)17-21(19,20)10-5-6-12(14)15-8-10/h2-8,17H,1H3,(H2,14,15). The molecule has 0 bridgehead atoms. The molecule has 0 saturated heterocycles. The smallest absolute Gasteiger partial charge is 0.263 e. The number of sulfonamides is 1. The van der Waals surface area contributed by atoms with Crippen LogP contribution in [-0.2, 0) is 17.1 Å². The van der Waals surface area contributed by atoms with Crippen molar-refractivity contribution in [2.24, 2.45) is 7.05 Å². The number of fused-ring (bicyclic) bond motifs is 1. The molecule has 0 aliphatic rings. The highest BCUT2D eigenvalue weighted by atomic mass is 32.2. The Kier molecular flexibility index (Phi) is 3.02. The molecule has 0 aliphatic carbocycles. The molecule has 21 heavy (non-hydrogen) atoms. The van der Waals surface area contributed by atoms with Crippen LogP contribution in [0, 0.1) is 0 Å². The highest BCUT2D eigenvalue weighted by Gasteiger charge is 2.17. The molecule has 2 heterocycles. The number of hydrogen-bond donors (Lipinski definition) is 2. The van der Waals surface area contributed by atoms with Crippen molar-refractivity contribution in [3.8, 4) is 0 Å². The predicted octanol–water partition coefficient (Wildman–Crippen LogP) is 1.35. The molecule has 0 spiro atoms. The number of aromatic nitrogens is 3. The first-order valence-electron chi connectivity index (χ1n) is 6.12. The monoisotopic (exact) mass is 303 g/mol. The largest absolute Gasteiger partial charge is 0.384 e. The van der Waals surface area contributed by atoms with E-state index in [4.69, 9.17) is 5.73 Å². The van der Waals surface area contributed by atoms with Crippen LogP contribution in [0.4, 0.5) is 11.5 Å². The fourth-order valence-electron chi connectivity index (χ4n) is 2.07. The van der Waals surface area contributed by atoms with Crippen molar-refractivity contribution in [2.45, 2.75) is 4.90 Å². The first-order chi connectivity index (χ1) is 9.97. The summed E-state index contributed by atoms with van der Waals surface area (Å²) in [5, 5.41) is 4.98. The van der Waals surface area contributed by atoms with Crippen molar-refractivity contribution in [3.05, 3.63) is 42.7 Å². The van der Waals surface area contributed by atoms with E-state index in [0.717, 1.165) is 5.39 Å². The minimum Gasteiger partial charge on any atom is -0.384 e. The number of nitrogens with one attached hydrogen (secondary N) is 1. The molecule has 0 fully saturated rings.